The smallest absolute Gasteiger partial charge is 0.357 e. The van der Waals surface area contributed by atoms with Gasteiger partial charge in [0.2, 0.25) is 0 Å². The number of aromatic nitrogens is 2. The Kier molecular flexibility index (Phi) is 3.07. The van der Waals surface area contributed by atoms with E-state index in [1.54, 1.807) is 25.1 Å². The van der Waals surface area contributed by atoms with Crippen molar-refractivity contribution >= 4 is 22.8 Å². The molecule has 0 bridgehead atoms. The summed E-state index contributed by atoms with van der Waals surface area (Å²) in [5.74, 6) is -0.126. The molecule has 22 heavy (non-hydrogen) atoms. The number of nitrogens with zero attached hydrogens (tertiary/aromatic N) is 3. The number of carbonyl (C=O) groups excluding carboxylic acids is 1. The fraction of sp³-hybridized carbons (Fsp3) is 0.133. The minimum atomic E-state index is -0.629. The molecule has 0 saturated carbocycles. The molecule has 110 valence electrons. The van der Waals surface area contributed by atoms with Gasteiger partial charge in [0, 0.05) is 13.1 Å². The lowest BCUT2D eigenvalue weighted by atomic mass is 10.2. The van der Waals surface area contributed by atoms with Crippen LogP contribution in [0.4, 0.5) is 5.69 Å². The second kappa shape index (κ2) is 4.93. The van der Waals surface area contributed by atoms with Crippen LogP contribution in [-0.2, 0) is 4.74 Å². The number of methoxy groups -OCH3 is 1. The van der Waals surface area contributed by atoms with Gasteiger partial charge in [-0.1, -0.05) is 6.07 Å². The molecule has 7 heteroatoms. The Bertz CT molecular complexity index is 930. The number of carbonyl (C=O) groups is 1. The van der Waals surface area contributed by atoms with E-state index in [0.29, 0.717) is 22.7 Å². The molecule has 0 amide bonds. The molecule has 2 aromatic heterocycles. The highest BCUT2D eigenvalue weighted by Crippen LogP contribution is 2.29. The number of esters is 1. The number of fused-ring (bicyclic) bond motifs is 1. The Morgan fingerprint density at radius 2 is 2.27 bits per heavy atom. The summed E-state index contributed by atoms with van der Waals surface area (Å²) in [6, 6.07) is 7.26. The van der Waals surface area contributed by atoms with Crippen LogP contribution in [0.15, 0.2) is 28.8 Å². The van der Waals surface area contributed by atoms with Crippen molar-refractivity contribution in [2.75, 3.05) is 12.8 Å². The van der Waals surface area contributed by atoms with Crippen LogP contribution in [0.2, 0.25) is 0 Å². The van der Waals surface area contributed by atoms with Crippen molar-refractivity contribution < 1.29 is 13.9 Å². The van der Waals surface area contributed by atoms with E-state index in [1.165, 1.54) is 17.9 Å². The van der Waals surface area contributed by atoms with Crippen molar-refractivity contribution in [2.45, 2.75) is 6.92 Å². The summed E-state index contributed by atoms with van der Waals surface area (Å²) in [4.78, 5) is 16.3. The molecule has 0 aliphatic carbocycles. The Labute approximate surface area is 125 Å². The van der Waals surface area contributed by atoms with Gasteiger partial charge in [0.25, 0.3) is 0 Å². The highest BCUT2D eigenvalue weighted by molar-refractivity contribution is 5.97. The molecule has 0 unspecified atom stereocenters. The number of nitrogens with two attached hydrogens (primary N) is 1. The molecular weight excluding hydrogens is 284 g/mol. The summed E-state index contributed by atoms with van der Waals surface area (Å²) in [7, 11) is 1.26. The second-order valence-electron chi connectivity index (χ2n) is 4.64. The van der Waals surface area contributed by atoms with Crippen LogP contribution >= 0.6 is 0 Å². The third kappa shape index (κ3) is 1.90. The number of anilines is 1. The average Bonchev–Trinajstić information content (AvgIpc) is 3.05. The molecule has 3 rings (SSSR count). The van der Waals surface area contributed by atoms with E-state index >= 15 is 0 Å². The quantitative estimate of drug-likeness (QED) is 0.726. The molecule has 2 N–H and O–H groups in total. The van der Waals surface area contributed by atoms with E-state index in [1.807, 2.05) is 6.07 Å². The highest BCUT2D eigenvalue weighted by atomic mass is 16.5. The van der Waals surface area contributed by atoms with Crippen LogP contribution in [0.1, 0.15) is 21.9 Å². The number of rotatable bonds is 2. The molecule has 2 heterocycles. The summed E-state index contributed by atoms with van der Waals surface area (Å²) in [5, 5.41) is 9.15. The summed E-state index contributed by atoms with van der Waals surface area (Å²) < 4.78 is 11.7. The first kappa shape index (κ1) is 13.7. The van der Waals surface area contributed by atoms with E-state index in [4.69, 9.17) is 20.1 Å². The van der Waals surface area contributed by atoms with Gasteiger partial charge in [0.1, 0.15) is 11.6 Å². The molecule has 0 fully saturated rings. The number of nitriles is 1. The molecule has 0 saturated heterocycles. The molecule has 3 aromatic rings. The van der Waals surface area contributed by atoms with Gasteiger partial charge >= 0.3 is 5.97 Å². The minimum Gasteiger partial charge on any atom is -0.464 e. The largest absolute Gasteiger partial charge is 0.464 e. The lowest BCUT2D eigenvalue weighted by molar-refractivity contribution is 0.0593. The lowest BCUT2D eigenvalue weighted by Crippen LogP contribution is -2.11. The van der Waals surface area contributed by atoms with Crippen molar-refractivity contribution in [1.82, 2.24) is 9.55 Å². The van der Waals surface area contributed by atoms with Crippen molar-refractivity contribution in [3.63, 3.8) is 0 Å². The minimum absolute atomic E-state index is 0.0755. The number of nitrogen functional groups attached to an aromatic ring is 1. The Hall–Kier alpha value is -3.27. The van der Waals surface area contributed by atoms with Gasteiger partial charge in [0.15, 0.2) is 17.2 Å². The van der Waals surface area contributed by atoms with Crippen LogP contribution in [0.3, 0.4) is 0 Å². The van der Waals surface area contributed by atoms with E-state index in [0.717, 1.165) is 0 Å². The molecule has 7 nitrogen and oxygen atoms in total. The van der Waals surface area contributed by atoms with Crippen molar-refractivity contribution in [3.8, 4) is 11.8 Å². The van der Waals surface area contributed by atoms with Gasteiger partial charge in [-0.05, 0) is 12.1 Å². The Morgan fingerprint density at radius 3 is 2.95 bits per heavy atom. The molecule has 1 aromatic carbocycles. The third-order valence-electron chi connectivity index (χ3n) is 3.31. The number of hydrogen-bond donors (Lipinski definition) is 1. The fourth-order valence-electron chi connectivity index (χ4n) is 2.34. The molecule has 0 aliphatic rings. The predicted molar refractivity (Wildman–Crippen MR) is 78.5 cm³/mol. The third-order valence-corrected chi connectivity index (χ3v) is 3.31. The zero-order valence-corrected chi connectivity index (χ0v) is 12.0. The van der Waals surface area contributed by atoms with Crippen LogP contribution in [0.25, 0.3) is 16.8 Å². The second-order valence-corrected chi connectivity index (χ2v) is 4.64. The number of oxazole rings is 1. The van der Waals surface area contributed by atoms with Gasteiger partial charge in [-0.2, -0.15) is 5.26 Å². The number of benzene rings is 1. The maximum atomic E-state index is 12.0. The summed E-state index contributed by atoms with van der Waals surface area (Å²) in [6.07, 6.45) is 1.49. The van der Waals surface area contributed by atoms with Crippen molar-refractivity contribution in [3.05, 3.63) is 41.5 Å². The van der Waals surface area contributed by atoms with Crippen molar-refractivity contribution in [1.29, 1.82) is 5.26 Å². The number of aryl methyl sites for hydroxylation is 1. The predicted octanol–water partition coefficient (Wildman–Crippen LogP) is 2.17. The summed E-state index contributed by atoms with van der Waals surface area (Å²) >= 11 is 0. The molecule has 0 atom stereocenters. The summed E-state index contributed by atoms with van der Waals surface area (Å²) in [6.45, 7) is 1.73. The summed E-state index contributed by atoms with van der Waals surface area (Å²) in [5.41, 5.74) is 7.99. The zero-order chi connectivity index (χ0) is 15.9. The molecule has 0 aliphatic heterocycles. The maximum absolute atomic E-state index is 12.0. The molecular formula is C15H12N4O3. The van der Waals surface area contributed by atoms with E-state index < -0.39 is 5.97 Å². The van der Waals surface area contributed by atoms with Crippen LogP contribution in [0.5, 0.6) is 0 Å². The van der Waals surface area contributed by atoms with Gasteiger partial charge in [-0.25, -0.2) is 9.78 Å². The topological polar surface area (TPSA) is 107 Å². The highest BCUT2D eigenvalue weighted by Gasteiger charge is 2.23. The van der Waals surface area contributed by atoms with Crippen LogP contribution in [0, 0.1) is 18.3 Å². The van der Waals surface area contributed by atoms with Gasteiger partial charge in [-0.15, -0.1) is 0 Å². The van der Waals surface area contributed by atoms with Gasteiger partial charge in [-0.3, -0.25) is 0 Å². The first-order chi connectivity index (χ1) is 10.6. The SMILES string of the molecule is COC(=O)c1c(N)c(C#N)cn1-c1cccc2oc(C)nc12. The maximum Gasteiger partial charge on any atom is 0.357 e. The number of ether oxygens (including phenoxy) is 1. The van der Waals surface area contributed by atoms with Crippen LogP contribution < -0.4 is 5.73 Å². The molecule has 0 radical (unpaired) electrons. The zero-order valence-electron chi connectivity index (χ0n) is 12.0. The van der Waals surface area contributed by atoms with Gasteiger partial charge in [0.05, 0.1) is 24.0 Å². The Balaban J connectivity index is 2.36. The normalized spacial score (nSPS) is 10.6. The average molecular weight is 296 g/mol. The fourth-order valence-corrected chi connectivity index (χ4v) is 2.34. The standard InChI is InChI=1S/C15H12N4O3/c1-8-18-13-10(4-3-5-11(13)22-8)19-7-9(6-16)12(17)14(19)15(20)21-2/h3-5,7H,17H2,1-2H3. The van der Waals surface area contributed by atoms with Crippen molar-refractivity contribution in [2.24, 2.45) is 0 Å². The van der Waals surface area contributed by atoms with Crippen LogP contribution in [-0.4, -0.2) is 22.6 Å². The van der Waals surface area contributed by atoms with E-state index in [-0.39, 0.29) is 16.9 Å². The first-order valence-corrected chi connectivity index (χ1v) is 6.42. The lowest BCUT2D eigenvalue weighted by Gasteiger charge is -2.08. The monoisotopic (exact) mass is 296 g/mol. The first-order valence-electron chi connectivity index (χ1n) is 6.42. The molecule has 0 spiro atoms. The number of hydrogen-bond acceptors (Lipinski definition) is 6. The number of para-hydroxylation sites is 1. The van der Waals surface area contributed by atoms with Gasteiger partial charge < -0.3 is 19.5 Å². The van der Waals surface area contributed by atoms with E-state index in [9.17, 15) is 4.79 Å². The Morgan fingerprint density at radius 1 is 1.50 bits per heavy atom. The van der Waals surface area contributed by atoms with E-state index in [2.05, 4.69) is 4.98 Å².